The lowest BCUT2D eigenvalue weighted by Gasteiger charge is -2.12. The highest BCUT2D eigenvalue weighted by atomic mass is 32.2. The average Bonchev–Trinajstić information content (AvgIpc) is 3.16. The van der Waals surface area contributed by atoms with Crippen molar-refractivity contribution in [1.82, 2.24) is 0 Å². The highest BCUT2D eigenvalue weighted by Crippen LogP contribution is 2.37. The molecule has 0 radical (unpaired) electrons. The maximum absolute atomic E-state index is 12.5. The van der Waals surface area contributed by atoms with Crippen molar-refractivity contribution in [3.8, 4) is 11.1 Å². The van der Waals surface area contributed by atoms with Gasteiger partial charge >= 0.3 is 0 Å². The van der Waals surface area contributed by atoms with Crippen LogP contribution in [0.15, 0.2) is 184 Å². The Balaban J connectivity index is 1.21. The summed E-state index contributed by atoms with van der Waals surface area (Å²) >= 11 is 0. The molecule has 270 valence electrons. The van der Waals surface area contributed by atoms with Gasteiger partial charge in [0.2, 0.25) is 0 Å². The third-order valence-corrected chi connectivity index (χ3v) is 9.17. The molecule has 16 nitrogen and oxygen atoms in total. The molecule has 0 amide bonds. The quantitative estimate of drug-likeness (QED) is 0.0559. The van der Waals surface area contributed by atoms with Crippen molar-refractivity contribution in [3.63, 3.8) is 0 Å². The summed E-state index contributed by atoms with van der Waals surface area (Å²) in [5.74, 6) is 0. The lowest BCUT2D eigenvalue weighted by molar-refractivity contribution is 0.480. The van der Waals surface area contributed by atoms with E-state index in [0.717, 1.165) is 12.1 Å². The molecule has 0 aliphatic heterocycles. The molecular weight excluding hydrogens is 733 g/mol. The van der Waals surface area contributed by atoms with Crippen LogP contribution in [0.1, 0.15) is 0 Å². The van der Waals surface area contributed by atoms with Gasteiger partial charge in [-0.2, -0.15) is 57.7 Å². The predicted octanol–water partition coefficient (Wildman–Crippen LogP) is 10.7. The molecule has 0 aliphatic rings. The van der Waals surface area contributed by atoms with Gasteiger partial charge in [0, 0.05) is 22.5 Å². The standard InChI is InChI=1S/C36H28N10O6S2/c37-23-1-5-25(6-2-23)39-41-27-9-13-29(14-10-27)43-45-31-17-19-33(35(21-31)53(47,48)49)34-20-18-32(22-36(34)54(50,51)52)46-44-30-15-11-28(12-16-30)42-40-26-7-3-24(38)4-8-26/h1-22H,37-38H2,(H,47,48,49)(H,50,51,52). The number of benzene rings is 6. The lowest BCUT2D eigenvalue weighted by Crippen LogP contribution is -2.05. The van der Waals surface area contributed by atoms with Crippen LogP contribution in [0, 0.1) is 0 Å². The molecule has 6 rings (SSSR count). The van der Waals surface area contributed by atoms with Gasteiger partial charge in [0.05, 0.1) is 45.5 Å². The summed E-state index contributed by atoms with van der Waals surface area (Å²) < 4.78 is 70.2. The van der Waals surface area contributed by atoms with E-state index in [1.165, 1.54) is 24.3 Å². The fourth-order valence-corrected chi connectivity index (χ4v) is 6.19. The summed E-state index contributed by atoms with van der Waals surface area (Å²) in [5, 5.41) is 32.9. The largest absolute Gasteiger partial charge is 0.399 e. The molecule has 0 spiro atoms. The van der Waals surface area contributed by atoms with E-state index in [4.69, 9.17) is 11.5 Å². The summed E-state index contributed by atoms with van der Waals surface area (Å²) in [6, 6.07) is 34.0. The highest BCUT2D eigenvalue weighted by Gasteiger charge is 2.24. The third-order valence-electron chi connectivity index (χ3n) is 7.39. The molecule has 0 heterocycles. The van der Waals surface area contributed by atoms with Crippen molar-refractivity contribution in [1.29, 1.82) is 0 Å². The first-order valence-corrected chi connectivity index (χ1v) is 18.5. The van der Waals surface area contributed by atoms with E-state index in [9.17, 15) is 25.9 Å². The van der Waals surface area contributed by atoms with Crippen molar-refractivity contribution in [3.05, 3.63) is 133 Å². The van der Waals surface area contributed by atoms with Crippen LogP contribution >= 0.6 is 0 Å². The molecular formula is C36H28N10O6S2. The van der Waals surface area contributed by atoms with Crippen molar-refractivity contribution in [2.75, 3.05) is 11.5 Å². The van der Waals surface area contributed by atoms with Crippen LogP contribution in [-0.2, 0) is 20.2 Å². The Hall–Kier alpha value is -6.86. The van der Waals surface area contributed by atoms with Gasteiger partial charge in [0.25, 0.3) is 20.2 Å². The number of nitrogen functional groups attached to an aromatic ring is 2. The fourth-order valence-electron chi connectivity index (χ4n) is 4.73. The Morgan fingerprint density at radius 2 is 0.537 bits per heavy atom. The van der Waals surface area contributed by atoms with E-state index < -0.39 is 30.0 Å². The molecule has 0 saturated carbocycles. The molecule has 0 atom stereocenters. The second-order valence-corrected chi connectivity index (χ2v) is 14.1. The van der Waals surface area contributed by atoms with E-state index in [1.807, 2.05) is 0 Å². The normalized spacial score (nSPS) is 12.4. The highest BCUT2D eigenvalue weighted by molar-refractivity contribution is 7.86. The molecule has 6 N–H and O–H groups in total. The van der Waals surface area contributed by atoms with Crippen molar-refractivity contribution >= 4 is 77.1 Å². The maximum Gasteiger partial charge on any atom is 0.295 e. The molecule has 6 aromatic carbocycles. The van der Waals surface area contributed by atoms with Gasteiger partial charge in [0.15, 0.2) is 0 Å². The second-order valence-electron chi connectivity index (χ2n) is 11.3. The fraction of sp³-hybridized carbons (Fsp3) is 0. The molecule has 0 aromatic heterocycles. The van der Waals surface area contributed by atoms with E-state index in [2.05, 4.69) is 40.9 Å². The summed E-state index contributed by atoms with van der Waals surface area (Å²) in [7, 11) is -9.88. The number of nitrogens with two attached hydrogens (primary N) is 2. The van der Waals surface area contributed by atoms with E-state index in [-0.39, 0.29) is 22.5 Å². The second kappa shape index (κ2) is 15.8. The van der Waals surface area contributed by atoms with Gasteiger partial charge in [-0.1, -0.05) is 12.1 Å². The maximum atomic E-state index is 12.5. The van der Waals surface area contributed by atoms with Crippen LogP contribution in [0.4, 0.5) is 56.9 Å². The first-order chi connectivity index (χ1) is 25.8. The van der Waals surface area contributed by atoms with Crippen LogP contribution in [0.25, 0.3) is 11.1 Å². The Bertz CT molecular complexity index is 2460. The molecule has 0 fully saturated rings. The molecule has 18 heteroatoms. The smallest absolute Gasteiger partial charge is 0.295 e. The SMILES string of the molecule is Nc1ccc(N=Nc2ccc(N=Nc3ccc(-c4ccc(N=Nc5ccc(N=Nc6ccc(N)cc6)cc5)cc4S(=O)(=O)O)c(S(=O)(=O)O)c3)cc2)cc1. The summed E-state index contributed by atoms with van der Waals surface area (Å²) in [4.78, 5) is -1.35. The van der Waals surface area contributed by atoms with E-state index in [0.29, 0.717) is 45.5 Å². The van der Waals surface area contributed by atoms with Crippen molar-refractivity contribution in [2.45, 2.75) is 9.79 Å². The van der Waals surface area contributed by atoms with Crippen LogP contribution in [-0.4, -0.2) is 25.9 Å². The topological polar surface area (TPSA) is 260 Å². The molecule has 0 saturated heterocycles. The molecule has 0 unspecified atom stereocenters. The Morgan fingerprint density at radius 1 is 0.333 bits per heavy atom. The Morgan fingerprint density at radius 3 is 0.778 bits per heavy atom. The van der Waals surface area contributed by atoms with Gasteiger partial charge < -0.3 is 11.5 Å². The predicted molar refractivity (Wildman–Crippen MR) is 203 cm³/mol. The van der Waals surface area contributed by atoms with Gasteiger partial charge in [-0.3, -0.25) is 9.11 Å². The van der Waals surface area contributed by atoms with Gasteiger partial charge in [-0.05, 0) is 121 Å². The van der Waals surface area contributed by atoms with Gasteiger partial charge in [0.1, 0.15) is 9.79 Å². The monoisotopic (exact) mass is 760 g/mol. The minimum absolute atomic E-state index is 0.0232. The first kappa shape index (κ1) is 36.9. The first-order valence-electron chi connectivity index (χ1n) is 15.6. The summed E-state index contributed by atoms with van der Waals surface area (Å²) in [6.07, 6.45) is 0. The Labute approximate surface area is 308 Å². The number of hydrogen-bond acceptors (Lipinski definition) is 14. The minimum atomic E-state index is -4.94. The van der Waals surface area contributed by atoms with Crippen LogP contribution in [0.5, 0.6) is 0 Å². The van der Waals surface area contributed by atoms with Gasteiger partial charge in [-0.15, -0.1) is 0 Å². The van der Waals surface area contributed by atoms with Crippen LogP contribution < -0.4 is 11.5 Å². The molecule has 0 bridgehead atoms. The number of rotatable bonds is 11. The molecule has 6 aromatic rings. The summed E-state index contributed by atoms with van der Waals surface area (Å²) in [6.45, 7) is 0. The molecule has 54 heavy (non-hydrogen) atoms. The minimum Gasteiger partial charge on any atom is -0.399 e. The van der Waals surface area contributed by atoms with Gasteiger partial charge in [-0.25, -0.2) is 0 Å². The van der Waals surface area contributed by atoms with Crippen molar-refractivity contribution in [2.24, 2.45) is 40.9 Å². The van der Waals surface area contributed by atoms with Crippen LogP contribution in [0.2, 0.25) is 0 Å². The molecule has 0 aliphatic carbocycles. The van der Waals surface area contributed by atoms with Crippen molar-refractivity contribution < 1.29 is 25.9 Å². The number of hydrogen-bond donors (Lipinski definition) is 4. The zero-order valence-corrected chi connectivity index (χ0v) is 29.4. The van der Waals surface area contributed by atoms with E-state index in [1.54, 1.807) is 97.1 Å². The summed E-state index contributed by atoms with van der Waals surface area (Å²) in [5.41, 5.74) is 15.3. The van der Waals surface area contributed by atoms with Crippen LogP contribution in [0.3, 0.4) is 0 Å². The third kappa shape index (κ3) is 9.72. The number of azo groups is 4. The van der Waals surface area contributed by atoms with E-state index >= 15 is 0 Å². The number of nitrogens with zero attached hydrogens (tertiary/aromatic N) is 8. The lowest BCUT2D eigenvalue weighted by atomic mass is 10.0. The zero-order chi connectivity index (χ0) is 38.3. The number of anilines is 2. The Kier molecular flexibility index (Phi) is 10.8. The average molecular weight is 761 g/mol. The zero-order valence-electron chi connectivity index (χ0n) is 27.8.